The van der Waals surface area contributed by atoms with Crippen LogP contribution in [0.3, 0.4) is 0 Å². The molecule has 0 aliphatic carbocycles. The van der Waals surface area contributed by atoms with E-state index in [4.69, 9.17) is 11.6 Å². The summed E-state index contributed by atoms with van der Waals surface area (Å²) in [5, 5.41) is 11.5. The Balaban J connectivity index is 1.45. The van der Waals surface area contributed by atoms with E-state index in [1.54, 1.807) is 18.2 Å². The van der Waals surface area contributed by atoms with Gasteiger partial charge in [-0.25, -0.2) is 4.39 Å². The monoisotopic (exact) mass is 521 g/mol. The standard InChI is InChI=1S/C26H17ClFN3O4S/c27-21-5-3-6-22(28)20(21)15-30-25(32)24(36-26(30)33)12-17-14-29(23-7-2-1-4-19(17)23)13-16-8-10-18(11-9-16)31(34)35/h1-12,14H,13,15H2/b24-12-. The molecule has 2 heterocycles. The Morgan fingerprint density at radius 2 is 1.75 bits per heavy atom. The molecule has 10 heteroatoms. The molecule has 1 aliphatic rings. The van der Waals surface area contributed by atoms with Crippen molar-refractivity contribution >= 4 is 57.2 Å². The van der Waals surface area contributed by atoms with Crippen molar-refractivity contribution in [3.8, 4) is 0 Å². The minimum atomic E-state index is -0.583. The zero-order valence-corrected chi connectivity index (χ0v) is 20.1. The van der Waals surface area contributed by atoms with Gasteiger partial charge in [0, 0.05) is 51.9 Å². The summed E-state index contributed by atoms with van der Waals surface area (Å²) in [6, 6.07) is 18.1. The minimum Gasteiger partial charge on any atom is -0.342 e. The Labute approximate surface area is 213 Å². The molecule has 7 nitrogen and oxygen atoms in total. The van der Waals surface area contributed by atoms with Crippen molar-refractivity contribution in [2.75, 3.05) is 0 Å². The lowest BCUT2D eigenvalue weighted by Crippen LogP contribution is -2.28. The minimum absolute atomic E-state index is 0.0178. The number of benzene rings is 3. The molecule has 0 saturated carbocycles. The van der Waals surface area contributed by atoms with Gasteiger partial charge in [0.2, 0.25) is 0 Å². The maximum atomic E-state index is 14.2. The molecular weight excluding hydrogens is 505 g/mol. The zero-order valence-electron chi connectivity index (χ0n) is 18.6. The normalized spacial score (nSPS) is 14.8. The van der Waals surface area contributed by atoms with Gasteiger partial charge in [0.15, 0.2) is 0 Å². The fourth-order valence-corrected chi connectivity index (χ4v) is 5.11. The predicted molar refractivity (Wildman–Crippen MR) is 137 cm³/mol. The van der Waals surface area contributed by atoms with E-state index in [-0.39, 0.29) is 27.7 Å². The van der Waals surface area contributed by atoms with Crippen LogP contribution in [0, 0.1) is 15.9 Å². The largest absolute Gasteiger partial charge is 0.342 e. The van der Waals surface area contributed by atoms with Gasteiger partial charge in [0.05, 0.1) is 16.4 Å². The van der Waals surface area contributed by atoms with Crippen molar-refractivity contribution in [1.82, 2.24) is 9.47 Å². The number of nitro groups is 1. The van der Waals surface area contributed by atoms with Gasteiger partial charge in [-0.3, -0.25) is 24.6 Å². The summed E-state index contributed by atoms with van der Waals surface area (Å²) in [5.74, 6) is -1.10. The molecule has 1 saturated heterocycles. The quantitative estimate of drug-likeness (QED) is 0.161. The lowest BCUT2D eigenvalue weighted by Gasteiger charge is -2.14. The van der Waals surface area contributed by atoms with E-state index in [9.17, 15) is 24.1 Å². The number of fused-ring (bicyclic) bond motifs is 1. The summed E-state index contributed by atoms with van der Waals surface area (Å²) in [6.45, 7) is 0.203. The van der Waals surface area contributed by atoms with Gasteiger partial charge in [-0.2, -0.15) is 0 Å². The number of hydrogen-bond acceptors (Lipinski definition) is 5. The maximum absolute atomic E-state index is 14.2. The van der Waals surface area contributed by atoms with E-state index in [1.165, 1.54) is 30.3 Å². The van der Waals surface area contributed by atoms with Gasteiger partial charge in [0.25, 0.3) is 16.8 Å². The predicted octanol–water partition coefficient (Wildman–Crippen LogP) is 6.63. The topological polar surface area (TPSA) is 85.5 Å². The van der Waals surface area contributed by atoms with Crippen LogP contribution in [0.5, 0.6) is 0 Å². The third kappa shape index (κ3) is 4.50. The number of aromatic nitrogens is 1. The number of nitrogens with zero attached hydrogens (tertiary/aromatic N) is 3. The molecule has 0 atom stereocenters. The molecule has 2 amide bonds. The number of hydrogen-bond donors (Lipinski definition) is 0. The van der Waals surface area contributed by atoms with Crippen LogP contribution in [0.15, 0.2) is 77.8 Å². The van der Waals surface area contributed by atoms with Crippen LogP contribution < -0.4 is 0 Å². The summed E-state index contributed by atoms with van der Waals surface area (Å²) < 4.78 is 16.2. The third-order valence-corrected chi connectivity index (χ3v) is 7.12. The highest BCUT2D eigenvalue weighted by Crippen LogP contribution is 2.36. The van der Waals surface area contributed by atoms with Crippen LogP contribution in [0.4, 0.5) is 14.9 Å². The molecule has 0 unspecified atom stereocenters. The number of thioether (sulfide) groups is 1. The van der Waals surface area contributed by atoms with Crippen molar-refractivity contribution in [1.29, 1.82) is 0 Å². The number of non-ortho nitro benzene ring substituents is 1. The second-order valence-corrected chi connectivity index (χ2v) is 9.52. The number of halogens is 2. The number of carbonyl (C=O) groups is 2. The average molecular weight is 522 g/mol. The van der Waals surface area contributed by atoms with Crippen LogP contribution in [0.1, 0.15) is 16.7 Å². The number of amides is 2. The number of nitro benzene ring substituents is 1. The molecule has 0 spiro atoms. The summed E-state index contributed by atoms with van der Waals surface area (Å²) in [5.41, 5.74) is 2.61. The van der Waals surface area contributed by atoms with E-state index in [0.29, 0.717) is 6.54 Å². The summed E-state index contributed by atoms with van der Waals surface area (Å²) in [7, 11) is 0. The van der Waals surface area contributed by atoms with Crippen molar-refractivity contribution in [3.05, 3.63) is 115 Å². The van der Waals surface area contributed by atoms with Crippen LogP contribution in [-0.2, 0) is 17.9 Å². The van der Waals surface area contributed by atoms with Gasteiger partial charge in [-0.15, -0.1) is 0 Å². The van der Waals surface area contributed by atoms with Crippen LogP contribution in [-0.4, -0.2) is 25.5 Å². The number of para-hydroxylation sites is 1. The SMILES string of the molecule is O=C1S/C(=C\c2cn(Cc3ccc([N+](=O)[O-])cc3)c3ccccc23)C(=O)N1Cc1c(F)cccc1Cl. The smallest absolute Gasteiger partial charge is 0.293 e. The first-order valence-corrected chi connectivity index (χ1v) is 12.0. The van der Waals surface area contributed by atoms with E-state index in [2.05, 4.69) is 0 Å². The van der Waals surface area contributed by atoms with Gasteiger partial charge in [0.1, 0.15) is 5.82 Å². The van der Waals surface area contributed by atoms with Gasteiger partial charge >= 0.3 is 0 Å². The number of carbonyl (C=O) groups excluding carboxylic acids is 2. The van der Waals surface area contributed by atoms with Crippen LogP contribution in [0.25, 0.3) is 17.0 Å². The van der Waals surface area contributed by atoms with Crippen LogP contribution >= 0.6 is 23.4 Å². The Bertz CT molecular complexity index is 1550. The van der Waals surface area contributed by atoms with Crippen molar-refractivity contribution in [2.24, 2.45) is 0 Å². The van der Waals surface area contributed by atoms with Gasteiger partial charge in [-0.05, 0) is 41.6 Å². The lowest BCUT2D eigenvalue weighted by molar-refractivity contribution is -0.384. The first-order chi connectivity index (χ1) is 17.3. The fourth-order valence-electron chi connectivity index (χ4n) is 4.06. The third-order valence-electron chi connectivity index (χ3n) is 5.86. The first-order valence-electron chi connectivity index (χ1n) is 10.8. The van der Waals surface area contributed by atoms with Crippen molar-refractivity contribution in [3.63, 3.8) is 0 Å². The first kappa shape index (κ1) is 23.8. The highest BCUT2D eigenvalue weighted by atomic mass is 35.5. The highest BCUT2D eigenvalue weighted by Gasteiger charge is 2.36. The highest BCUT2D eigenvalue weighted by molar-refractivity contribution is 8.18. The van der Waals surface area contributed by atoms with E-state index in [1.807, 2.05) is 35.0 Å². The van der Waals surface area contributed by atoms with E-state index < -0.39 is 21.9 Å². The van der Waals surface area contributed by atoms with E-state index >= 15 is 0 Å². The molecule has 1 aliphatic heterocycles. The molecule has 0 bridgehead atoms. The van der Waals surface area contributed by atoms with E-state index in [0.717, 1.165) is 38.7 Å². The van der Waals surface area contributed by atoms with Gasteiger partial charge < -0.3 is 4.57 Å². The molecule has 5 rings (SSSR count). The van der Waals surface area contributed by atoms with Crippen molar-refractivity contribution in [2.45, 2.75) is 13.1 Å². The Kier molecular flexibility index (Phi) is 6.34. The number of imide groups is 1. The molecular formula is C26H17ClFN3O4S. The Morgan fingerprint density at radius 1 is 1.00 bits per heavy atom. The zero-order chi connectivity index (χ0) is 25.4. The number of rotatable bonds is 6. The molecule has 3 aromatic carbocycles. The lowest BCUT2D eigenvalue weighted by atomic mass is 10.1. The van der Waals surface area contributed by atoms with Crippen LogP contribution in [0.2, 0.25) is 5.02 Å². The molecule has 1 fully saturated rings. The van der Waals surface area contributed by atoms with Gasteiger partial charge in [-0.1, -0.05) is 48.0 Å². The average Bonchev–Trinajstić information content (AvgIpc) is 3.33. The molecule has 1 aromatic heterocycles. The second kappa shape index (κ2) is 9.60. The Hall–Kier alpha value is -3.95. The summed E-state index contributed by atoms with van der Waals surface area (Å²) in [4.78, 5) is 37.4. The second-order valence-electron chi connectivity index (χ2n) is 8.12. The summed E-state index contributed by atoms with van der Waals surface area (Å²) >= 11 is 6.88. The molecule has 4 aromatic rings. The Morgan fingerprint density at radius 3 is 2.47 bits per heavy atom. The molecule has 0 N–H and O–H groups in total. The molecule has 0 radical (unpaired) electrons. The summed E-state index contributed by atoms with van der Waals surface area (Å²) in [6.07, 6.45) is 3.52. The fraction of sp³-hybridized carbons (Fsp3) is 0.0769. The maximum Gasteiger partial charge on any atom is 0.293 e. The van der Waals surface area contributed by atoms with Crippen molar-refractivity contribution < 1.29 is 18.9 Å². The molecule has 180 valence electrons. The molecule has 36 heavy (non-hydrogen) atoms.